The smallest absolute Gasteiger partial charge is 0.307 e. The molecule has 1 atom stereocenters. The Morgan fingerprint density at radius 3 is 2.45 bits per heavy atom. The second kappa shape index (κ2) is 5.83. The van der Waals surface area contributed by atoms with Crippen LogP contribution in [0, 0.1) is 0 Å². The molecule has 1 aliphatic carbocycles. The summed E-state index contributed by atoms with van der Waals surface area (Å²) in [6.45, 7) is 1.80. The number of methoxy groups -OCH3 is 1. The molecule has 20 heavy (non-hydrogen) atoms. The second-order valence-corrected chi connectivity index (χ2v) is 5.68. The van der Waals surface area contributed by atoms with E-state index in [1.54, 1.807) is 19.1 Å². The standard InChI is InChI=1S/C15H18ClNO3/c1-10(9-13(18)20-2)17-14(19)15(7-8-15)11-3-5-12(16)6-4-11/h3-6,10H,7-9H2,1-2H3,(H,17,19). The van der Waals surface area contributed by atoms with Gasteiger partial charge < -0.3 is 10.1 Å². The first-order valence-corrected chi connectivity index (χ1v) is 6.99. The van der Waals surface area contributed by atoms with Gasteiger partial charge in [0.25, 0.3) is 0 Å². The van der Waals surface area contributed by atoms with Gasteiger partial charge in [0.15, 0.2) is 0 Å². The van der Waals surface area contributed by atoms with Crippen molar-refractivity contribution < 1.29 is 14.3 Å². The van der Waals surface area contributed by atoms with Gasteiger partial charge in [-0.2, -0.15) is 0 Å². The van der Waals surface area contributed by atoms with E-state index < -0.39 is 5.41 Å². The topological polar surface area (TPSA) is 55.4 Å². The molecule has 0 bridgehead atoms. The molecule has 0 heterocycles. The van der Waals surface area contributed by atoms with Gasteiger partial charge in [0, 0.05) is 11.1 Å². The third-order valence-corrected chi connectivity index (χ3v) is 3.91. The van der Waals surface area contributed by atoms with Crippen LogP contribution in [0.3, 0.4) is 0 Å². The van der Waals surface area contributed by atoms with Crippen LogP contribution in [0.25, 0.3) is 0 Å². The molecule has 1 N–H and O–H groups in total. The maximum absolute atomic E-state index is 12.4. The van der Waals surface area contributed by atoms with Gasteiger partial charge in [-0.25, -0.2) is 0 Å². The van der Waals surface area contributed by atoms with E-state index >= 15 is 0 Å². The number of ether oxygens (including phenoxy) is 1. The summed E-state index contributed by atoms with van der Waals surface area (Å²) >= 11 is 5.87. The van der Waals surface area contributed by atoms with Crippen LogP contribution in [0.15, 0.2) is 24.3 Å². The summed E-state index contributed by atoms with van der Waals surface area (Å²) in [7, 11) is 1.34. The summed E-state index contributed by atoms with van der Waals surface area (Å²) in [5.41, 5.74) is 0.527. The summed E-state index contributed by atoms with van der Waals surface area (Å²) in [5, 5.41) is 3.54. The van der Waals surface area contributed by atoms with Crippen molar-refractivity contribution in [2.24, 2.45) is 0 Å². The molecule has 1 amide bonds. The minimum absolute atomic E-state index is 0.0313. The molecular weight excluding hydrogens is 278 g/mol. The Kier molecular flexibility index (Phi) is 4.33. The normalized spacial score (nSPS) is 17.1. The van der Waals surface area contributed by atoms with Crippen LogP contribution in [-0.4, -0.2) is 25.0 Å². The second-order valence-electron chi connectivity index (χ2n) is 5.24. The van der Waals surface area contributed by atoms with E-state index in [4.69, 9.17) is 11.6 Å². The van der Waals surface area contributed by atoms with Gasteiger partial charge in [-0.3, -0.25) is 9.59 Å². The van der Waals surface area contributed by atoms with E-state index in [9.17, 15) is 9.59 Å². The van der Waals surface area contributed by atoms with Crippen LogP contribution in [-0.2, 0) is 19.7 Å². The van der Waals surface area contributed by atoms with Gasteiger partial charge >= 0.3 is 5.97 Å². The highest BCUT2D eigenvalue weighted by molar-refractivity contribution is 6.30. The molecule has 0 aromatic heterocycles. The Labute approximate surface area is 123 Å². The molecule has 1 saturated carbocycles. The van der Waals surface area contributed by atoms with Gasteiger partial charge in [0.2, 0.25) is 5.91 Å². The molecule has 5 heteroatoms. The molecule has 0 spiro atoms. The number of nitrogens with one attached hydrogen (secondary N) is 1. The van der Waals surface area contributed by atoms with Crippen molar-refractivity contribution in [3.05, 3.63) is 34.9 Å². The molecule has 108 valence electrons. The summed E-state index contributed by atoms with van der Waals surface area (Å²) in [4.78, 5) is 23.6. The maximum atomic E-state index is 12.4. The first-order chi connectivity index (χ1) is 9.48. The summed E-state index contributed by atoms with van der Waals surface area (Å²) < 4.78 is 4.60. The van der Waals surface area contributed by atoms with Gasteiger partial charge in [0.05, 0.1) is 18.9 Å². The van der Waals surface area contributed by atoms with Crippen LogP contribution in [0.2, 0.25) is 5.02 Å². The number of rotatable bonds is 5. The molecule has 1 fully saturated rings. The van der Waals surface area contributed by atoms with Crippen LogP contribution in [0.5, 0.6) is 0 Å². The van der Waals surface area contributed by atoms with Crippen LogP contribution < -0.4 is 5.32 Å². The van der Waals surface area contributed by atoms with E-state index in [-0.39, 0.29) is 24.3 Å². The number of amides is 1. The van der Waals surface area contributed by atoms with Crippen LogP contribution >= 0.6 is 11.6 Å². The zero-order valence-electron chi connectivity index (χ0n) is 11.6. The number of halogens is 1. The summed E-state index contributed by atoms with van der Waals surface area (Å²) in [6, 6.07) is 7.13. The third-order valence-electron chi connectivity index (χ3n) is 3.66. The highest BCUT2D eigenvalue weighted by atomic mass is 35.5. The molecule has 0 saturated heterocycles. The zero-order valence-corrected chi connectivity index (χ0v) is 12.4. The van der Waals surface area contributed by atoms with E-state index in [0.29, 0.717) is 5.02 Å². The van der Waals surface area contributed by atoms with Gasteiger partial charge in [-0.05, 0) is 37.5 Å². The number of carbonyl (C=O) groups is 2. The van der Waals surface area contributed by atoms with Gasteiger partial charge in [0.1, 0.15) is 0 Å². The molecular formula is C15H18ClNO3. The van der Waals surface area contributed by atoms with Crippen molar-refractivity contribution in [2.75, 3.05) is 7.11 Å². The monoisotopic (exact) mass is 295 g/mol. The number of hydrogen-bond donors (Lipinski definition) is 1. The number of hydrogen-bond acceptors (Lipinski definition) is 3. The van der Waals surface area contributed by atoms with Crippen molar-refractivity contribution >= 4 is 23.5 Å². The fourth-order valence-electron chi connectivity index (χ4n) is 2.29. The van der Waals surface area contributed by atoms with E-state index in [1.165, 1.54) is 7.11 Å². The first kappa shape index (κ1) is 14.9. The summed E-state index contributed by atoms with van der Waals surface area (Å²) in [5.74, 6) is -0.356. The van der Waals surface area contributed by atoms with Gasteiger partial charge in [-0.15, -0.1) is 0 Å². The van der Waals surface area contributed by atoms with Crippen molar-refractivity contribution in [3.63, 3.8) is 0 Å². The molecule has 1 aromatic carbocycles. The Morgan fingerprint density at radius 1 is 1.35 bits per heavy atom. The van der Waals surface area contributed by atoms with Crippen molar-refractivity contribution in [1.82, 2.24) is 5.32 Å². The average molecular weight is 296 g/mol. The maximum Gasteiger partial charge on any atom is 0.307 e. The van der Waals surface area contributed by atoms with Gasteiger partial charge in [-0.1, -0.05) is 23.7 Å². The van der Waals surface area contributed by atoms with E-state index in [0.717, 1.165) is 18.4 Å². The lowest BCUT2D eigenvalue weighted by Gasteiger charge is -2.19. The van der Waals surface area contributed by atoms with E-state index in [2.05, 4.69) is 10.1 Å². The minimum Gasteiger partial charge on any atom is -0.469 e. The lowest BCUT2D eigenvalue weighted by atomic mass is 9.94. The lowest BCUT2D eigenvalue weighted by Crippen LogP contribution is -2.41. The molecule has 1 aliphatic rings. The lowest BCUT2D eigenvalue weighted by molar-refractivity contribution is -0.141. The predicted molar refractivity (Wildman–Crippen MR) is 76.6 cm³/mol. The Bertz CT molecular complexity index is 508. The number of benzene rings is 1. The Morgan fingerprint density at radius 2 is 1.95 bits per heavy atom. The molecule has 1 unspecified atom stereocenters. The summed E-state index contributed by atoms with van der Waals surface area (Å²) in [6.07, 6.45) is 1.83. The SMILES string of the molecule is COC(=O)CC(C)NC(=O)C1(c2ccc(Cl)cc2)CC1. The molecule has 1 aromatic rings. The quantitative estimate of drug-likeness (QED) is 0.849. The third kappa shape index (κ3) is 3.12. The molecule has 2 rings (SSSR count). The zero-order chi connectivity index (χ0) is 14.8. The van der Waals surface area contributed by atoms with Crippen molar-refractivity contribution in [2.45, 2.75) is 37.6 Å². The van der Waals surface area contributed by atoms with Crippen LogP contribution in [0.1, 0.15) is 31.7 Å². The fraction of sp³-hybridized carbons (Fsp3) is 0.467. The van der Waals surface area contributed by atoms with Crippen molar-refractivity contribution in [1.29, 1.82) is 0 Å². The Balaban J connectivity index is 2.01. The number of carbonyl (C=O) groups excluding carboxylic acids is 2. The first-order valence-electron chi connectivity index (χ1n) is 6.62. The molecule has 0 radical (unpaired) electrons. The van der Waals surface area contributed by atoms with Crippen molar-refractivity contribution in [3.8, 4) is 0 Å². The molecule has 4 nitrogen and oxygen atoms in total. The average Bonchev–Trinajstić information content (AvgIpc) is 3.20. The van der Waals surface area contributed by atoms with E-state index in [1.807, 2.05) is 12.1 Å². The largest absolute Gasteiger partial charge is 0.469 e. The Hall–Kier alpha value is -1.55. The predicted octanol–water partition coefficient (Wildman–Crippen LogP) is 2.44. The highest BCUT2D eigenvalue weighted by Crippen LogP contribution is 2.48. The van der Waals surface area contributed by atoms with Crippen LogP contribution in [0.4, 0.5) is 0 Å². The minimum atomic E-state index is -0.449. The highest BCUT2D eigenvalue weighted by Gasteiger charge is 2.51. The number of esters is 1. The fourth-order valence-corrected chi connectivity index (χ4v) is 2.41. The molecule has 0 aliphatic heterocycles.